The van der Waals surface area contributed by atoms with Crippen LogP contribution in [0.15, 0.2) is 54.7 Å². The number of carbonyl (C=O) groups is 1. The van der Waals surface area contributed by atoms with Gasteiger partial charge in [-0.25, -0.2) is 4.79 Å². The Kier molecular flexibility index (Phi) is 4.84. The maximum Gasteiger partial charge on any atom is 0.338 e. The molecule has 1 aliphatic heterocycles. The fraction of sp³-hybridized carbons (Fsp3) is 0.417. The predicted molar refractivity (Wildman–Crippen MR) is 109 cm³/mol. The van der Waals surface area contributed by atoms with Crippen molar-refractivity contribution in [2.75, 3.05) is 0 Å². The molecule has 146 valence electrons. The zero-order chi connectivity index (χ0) is 19.9. The van der Waals surface area contributed by atoms with Gasteiger partial charge in [0.15, 0.2) is 5.60 Å². The molecule has 1 aromatic carbocycles. The number of esters is 1. The first-order chi connectivity index (χ1) is 13.4. The lowest BCUT2D eigenvalue weighted by Crippen LogP contribution is -2.52. The highest BCUT2D eigenvalue weighted by Gasteiger charge is 2.61. The summed E-state index contributed by atoms with van der Waals surface area (Å²) in [5.41, 5.74) is 1.72. The number of hydrogen-bond acceptors (Lipinski definition) is 4. The quantitative estimate of drug-likeness (QED) is 0.808. The van der Waals surface area contributed by atoms with Gasteiger partial charge in [0.25, 0.3) is 0 Å². The Labute approximate surface area is 166 Å². The Hall–Kier alpha value is -2.46. The first kappa shape index (κ1) is 18.9. The molecule has 2 aromatic rings. The van der Waals surface area contributed by atoms with E-state index in [-0.39, 0.29) is 23.9 Å². The molecule has 1 saturated carbocycles. The minimum Gasteiger partial charge on any atom is -0.460 e. The van der Waals surface area contributed by atoms with Crippen molar-refractivity contribution in [3.8, 4) is 11.1 Å². The molecule has 2 aliphatic rings. The van der Waals surface area contributed by atoms with E-state index in [0.717, 1.165) is 16.8 Å². The lowest BCUT2D eigenvalue weighted by molar-refractivity contribution is -0.160. The first-order valence-corrected chi connectivity index (χ1v) is 10.0. The van der Waals surface area contributed by atoms with Gasteiger partial charge < -0.3 is 9.84 Å². The molecular weight excluding hydrogens is 350 g/mol. The summed E-state index contributed by atoms with van der Waals surface area (Å²) >= 11 is 0. The second kappa shape index (κ2) is 7.17. The molecule has 6 atom stereocenters. The van der Waals surface area contributed by atoms with E-state index in [0.29, 0.717) is 12.3 Å². The Balaban J connectivity index is 1.58. The van der Waals surface area contributed by atoms with Crippen molar-refractivity contribution in [2.45, 2.75) is 38.9 Å². The second-order valence-electron chi connectivity index (χ2n) is 8.38. The average molecular weight is 377 g/mol. The number of carbonyl (C=O) groups excluding carboxylic acids is 1. The monoisotopic (exact) mass is 377 g/mol. The van der Waals surface area contributed by atoms with Gasteiger partial charge in [-0.2, -0.15) is 0 Å². The molecule has 1 N–H and O–H groups in total. The molecule has 0 amide bonds. The van der Waals surface area contributed by atoms with Crippen molar-refractivity contribution in [3.63, 3.8) is 0 Å². The van der Waals surface area contributed by atoms with Gasteiger partial charge in [0, 0.05) is 17.7 Å². The van der Waals surface area contributed by atoms with Crippen LogP contribution >= 0.6 is 0 Å². The summed E-state index contributed by atoms with van der Waals surface area (Å²) in [6.45, 7) is 6.18. The highest BCUT2D eigenvalue weighted by atomic mass is 16.6. The van der Waals surface area contributed by atoms with Crippen LogP contribution in [0.25, 0.3) is 17.2 Å². The topological polar surface area (TPSA) is 59.4 Å². The fourth-order valence-corrected chi connectivity index (χ4v) is 4.91. The van der Waals surface area contributed by atoms with Crippen LogP contribution < -0.4 is 0 Å². The molecule has 4 nitrogen and oxygen atoms in total. The number of hydrogen-bond donors (Lipinski definition) is 1. The lowest BCUT2D eigenvalue weighted by Gasteiger charge is -2.44. The van der Waals surface area contributed by atoms with Gasteiger partial charge in [-0.3, -0.25) is 4.98 Å². The van der Waals surface area contributed by atoms with Crippen LogP contribution in [0.3, 0.4) is 0 Å². The summed E-state index contributed by atoms with van der Waals surface area (Å²) in [6.07, 6.45) is 6.18. The highest BCUT2D eigenvalue weighted by molar-refractivity contribution is 5.82. The summed E-state index contributed by atoms with van der Waals surface area (Å²) in [5, 5.41) is 11.0. The van der Waals surface area contributed by atoms with Gasteiger partial charge in [0.1, 0.15) is 6.10 Å². The van der Waals surface area contributed by atoms with E-state index in [1.54, 1.807) is 0 Å². The summed E-state index contributed by atoms with van der Waals surface area (Å²) in [4.78, 5) is 16.8. The largest absolute Gasteiger partial charge is 0.460 e. The molecule has 0 unspecified atom stereocenters. The molecule has 1 aromatic heterocycles. The number of pyridine rings is 1. The molecule has 2 fully saturated rings. The molecule has 0 spiro atoms. The zero-order valence-corrected chi connectivity index (χ0v) is 16.6. The molecule has 2 heterocycles. The minimum absolute atomic E-state index is 0.0609. The summed E-state index contributed by atoms with van der Waals surface area (Å²) in [6, 6.07) is 14.2. The molecule has 28 heavy (non-hydrogen) atoms. The van der Waals surface area contributed by atoms with Crippen LogP contribution in [0.5, 0.6) is 0 Å². The Bertz CT molecular complexity index is 876. The number of benzene rings is 1. The number of ether oxygens (including phenoxy) is 1. The zero-order valence-electron chi connectivity index (χ0n) is 16.6. The normalized spacial score (nSPS) is 35.0. The molecule has 1 saturated heterocycles. The number of aromatic nitrogens is 1. The van der Waals surface area contributed by atoms with Crippen molar-refractivity contribution in [2.24, 2.45) is 23.7 Å². The van der Waals surface area contributed by atoms with Gasteiger partial charge >= 0.3 is 5.97 Å². The molecule has 1 aliphatic carbocycles. The van der Waals surface area contributed by atoms with Crippen LogP contribution in [0.1, 0.15) is 32.9 Å². The second-order valence-corrected chi connectivity index (χ2v) is 8.38. The molecular formula is C24H27NO3. The van der Waals surface area contributed by atoms with Crippen LogP contribution in [-0.4, -0.2) is 27.8 Å². The maximum absolute atomic E-state index is 12.3. The van der Waals surface area contributed by atoms with E-state index in [2.05, 4.69) is 43.1 Å². The number of nitrogens with zero attached hydrogens (tertiary/aromatic N) is 1. The highest BCUT2D eigenvalue weighted by Crippen LogP contribution is 2.51. The van der Waals surface area contributed by atoms with Crippen LogP contribution in [0.4, 0.5) is 0 Å². The van der Waals surface area contributed by atoms with E-state index < -0.39 is 11.6 Å². The Morgan fingerprint density at radius 2 is 1.86 bits per heavy atom. The predicted octanol–water partition coefficient (Wildman–Crippen LogP) is 4.35. The third-order valence-electron chi connectivity index (χ3n) is 6.64. The van der Waals surface area contributed by atoms with Gasteiger partial charge in [0.2, 0.25) is 0 Å². The van der Waals surface area contributed by atoms with E-state index >= 15 is 0 Å². The van der Waals surface area contributed by atoms with Gasteiger partial charge in [-0.1, -0.05) is 56.3 Å². The molecule has 0 bridgehead atoms. The van der Waals surface area contributed by atoms with Gasteiger partial charge in [-0.15, -0.1) is 0 Å². The van der Waals surface area contributed by atoms with E-state index in [1.165, 1.54) is 0 Å². The van der Waals surface area contributed by atoms with Crippen molar-refractivity contribution < 1.29 is 14.6 Å². The number of aliphatic hydroxyl groups is 1. The van der Waals surface area contributed by atoms with E-state index in [1.807, 2.05) is 43.5 Å². The Morgan fingerprint density at radius 3 is 2.54 bits per heavy atom. The number of allylic oxidation sites excluding steroid dienone is 1. The third kappa shape index (κ3) is 3.16. The van der Waals surface area contributed by atoms with E-state index in [4.69, 9.17) is 4.74 Å². The number of rotatable bonds is 3. The molecule has 4 heteroatoms. The lowest BCUT2D eigenvalue weighted by atomic mass is 9.60. The smallest absolute Gasteiger partial charge is 0.338 e. The SMILES string of the molecule is C[C@H]1[C@H](/C=C/c2ccc(-c3ccccc3)cn2)[C@@H]2[C@@H](C)OC(=O)[C@]2(O)C[C@@H]1C. The summed E-state index contributed by atoms with van der Waals surface area (Å²) < 4.78 is 5.42. The maximum atomic E-state index is 12.3. The van der Waals surface area contributed by atoms with E-state index in [9.17, 15) is 9.90 Å². The van der Waals surface area contributed by atoms with Crippen molar-refractivity contribution >= 4 is 12.0 Å². The Morgan fingerprint density at radius 1 is 1.11 bits per heavy atom. The fourth-order valence-electron chi connectivity index (χ4n) is 4.91. The van der Waals surface area contributed by atoms with Crippen molar-refractivity contribution in [1.29, 1.82) is 0 Å². The number of fused-ring (bicyclic) bond motifs is 1. The van der Waals surface area contributed by atoms with Crippen LogP contribution in [-0.2, 0) is 9.53 Å². The molecule has 0 radical (unpaired) electrons. The molecule has 4 rings (SSSR count). The van der Waals surface area contributed by atoms with Crippen LogP contribution in [0, 0.1) is 23.7 Å². The average Bonchev–Trinajstić information content (AvgIpc) is 2.92. The van der Waals surface area contributed by atoms with Crippen LogP contribution in [0.2, 0.25) is 0 Å². The standard InChI is InChI=1S/C24H27NO3/c1-15-13-24(27)22(17(3)28-23(24)26)21(16(15)2)12-11-20-10-9-19(14-25-20)18-7-5-4-6-8-18/h4-12,14-17,21-22,27H,13H2,1-3H3/b12-11+/t15-,16+,17+,21-,22-,24-/m0/s1. The summed E-state index contributed by atoms with van der Waals surface area (Å²) in [5.74, 6) is -0.0337. The summed E-state index contributed by atoms with van der Waals surface area (Å²) in [7, 11) is 0. The van der Waals surface area contributed by atoms with Crippen molar-refractivity contribution in [3.05, 3.63) is 60.4 Å². The minimum atomic E-state index is -1.37. The van der Waals surface area contributed by atoms with Gasteiger partial charge in [0.05, 0.1) is 5.69 Å². The first-order valence-electron chi connectivity index (χ1n) is 10.0. The van der Waals surface area contributed by atoms with Crippen molar-refractivity contribution in [1.82, 2.24) is 4.98 Å². The third-order valence-corrected chi connectivity index (χ3v) is 6.64. The van der Waals surface area contributed by atoms with Gasteiger partial charge in [-0.05, 0) is 48.8 Å². The number of cyclic esters (lactones) is 1.